The fourth-order valence-corrected chi connectivity index (χ4v) is 4.20. The standard InChI is InChI=1S/C16H21NO6S/c1-11-5-12(2)7-14(6-11)22-9-16(19)23-8-15(18)17-13-3-4-24(20,21)10-13/h5-7,13H,3-4,8-10H2,1-2H3,(H,17,18)/t13-/m1/s1. The highest BCUT2D eigenvalue weighted by molar-refractivity contribution is 7.91. The second kappa shape index (κ2) is 7.65. The Hall–Kier alpha value is -2.09. The number of hydrogen-bond acceptors (Lipinski definition) is 6. The van der Waals surface area contributed by atoms with E-state index in [0.717, 1.165) is 11.1 Å². The van der Waals surface area contributed by atoms with Crippen LogP contribution >= 0.6 is 0 Å². The van der Waals surface area contributed by atoms with Crippen molar-refractivity contribution in [1.82, 2.24) is 5.32 Å². The van der Waals surface area contributed by atoms with Gasteiger partial charge in [-0.25, -0.2) is 13.2 Å². The van der Waals surface area contributed by atoms with Gasteiger partial charge in [-0.05, 0) is 43.5 Å². The van der Waals surface area contributed by atoms with Crippen molar-refractivity contribution in [3.8, 4) is 5.75 Å². The van der Waals surface area contributed by atoms with E-state index < -0.39 is 34.4 Å². The van der Waals surface area contributed by atoms with Crippen molar-refractivity contribution >= 4 is 21.7 Å². The summed E-state index contributed by atoms with van der Waals surface area (Å²) in [5.41, 5.74) is 2.04. The maximum Gasteiger partial charge on any atom is 0.344 e. The van der Waals surface area contributed by atoms with Gasteiger partial charge in [-0.1, -0.05) is 6.07 Å². The van der Waals surface area contributed by atoms with Crippen LogP contribution < -0.4 is 10.1 Å². The van der Waals surface area contributed by atoms with Crippen molar-refractivity contribution in [1.29, 1.82) is 0 Å². The average Bonchev–Trinajstić information content (AvgIpc) is 2.81. The van der Waals surface area contributed by atoms with Gasteiger partial charge in [0.05, 0.1) is 11.5 Å². The van der Waals surface area contributed by atoms with E-state index in [2.05, 4.69) is 5.32 Å². The van der Waals surface area contributed by atoms with E-state index in [-0.39, 0.29) is 18.1 Å². The zero-order chi connectivity index (χ0) is 17.7. The molecule has 0 bridgehead atoms. The van der Waals surface area contributed by atoms with E-state index in [4.69, 9.17) is 9.47 Å². The Balaban J connectivity index is 1.70. The molecule has 0 radical (unpaired) electrons. The van der Waals surface area contributed by atoms with Crippen molar-refractivity contribution in [3.63, 3.8) is 0 Å². The summed E-state index contributed by atoms with van der Waals surface area (Å²) in [4.78, 5) is 23.3. The monoisotopic (exact) mass is 355 g/mol. The number of rotatable bonds is 6. The predicted octanol–water partition coefficient (Wildman–Crippen LogP) is 0.529. The molecule has 0 unspecified atom stereocenters. The summed E-state index contributed by atoms with van der Waals surface area (Å²) in [5, 5.41) is 2.54. The van der Waals surface area contributed by atoms with E-state index in [1.54, 1.807) is 12.1 Å². The largest absolute Gasteiger partial charge is 0.482 e. The molecule has 1 aliphatic heterocycles. The third kappa shape index (κ3) is 5.84. The molecule has 2 rings (SSSR count). The fourth-order valence-electron chi connectivity index (χ4n) is 2.52. The first-order valence-electron chi connectivity index (χ1n) is 7.60. The molecule has 0 aliphatic carbocycles. The minimum atomic E-state index is -3.06. The highest BCUT2D eigenvalue weighted by atomic mass is 32.2. The van der Waals surface area contributed by atoms with Crippen LogP contribution in [-0.2, 0) is 24.2 Å². The summed E-state index contributed by atoms with van der Waals surface area (Å²) in [6, 6.07) is 5.17. The van der Waals surface area contributed by atoms with E-state index >= 15 is 0 Å². The van der Waals surface area contributed by atoms with Gasteiger partial charge in [0.15, 0.2) is 23.1 Å². The first-order valence-corrected chi connectivity index (χ1v) is 9.42. The SMILES string of the molecule is Cc1cc(C)cc(OCC(=O)OCC(=O)N[C@@H]2CCS(=O)(=O)C2)c1. The molecule has 1 aromatic carbocycles. The fraction of sp³-hybridized carbons (Fsp3) is 0.500. The van der Waals surface area contributed by atoms with Crippen LogP contribution in [0, 0.1) is 13.8 Å². The Morgan fingerprint density at radius 3 is 2.42 bits per heavy atom. The number of ether oxygens (including phenoxy) is 2. The molecule has 7 nitrogen and oxygen atoms in total. The molecule has 24 heavy (non-hydrogen) atoms. The van der Waals surface area contributed by atoms with Gasteiger partial charge in [-0.2, -0.15) is 0 Å². The molecule has 0 aromatic heterocycles. The third-order valence-electron chi connectivity index (χ3n) is 3.51. The van der Waals surface area contributed by atoms with Crippen LogP contribution in [0.2, 0.25) is 0 Å². The summed E-state index contributed by atoms with van der Waals surface area (Å²) in [6.45, 7) is 3.09. The molecular formula is C16H21NO6S. The minimum absolute atomic E-state index is 0.0670. The molecular weight excluding hydrogens is 334 g/mol. The first kappa shape index (κ1) is 18.3. The number of esters is 1. The summed E-state index contributed by atoms with van der Waals surface area (Å²) in [7, 11) is -3.06. The lowest BCUT2D eigenvalue weighted by molar-refractivity contribution is -0.150. The van der Waals surface area contributed by atoms with E-state index in [0.29, 0.717) is 12.2 Å². The molecule has 1 atom stereocenters. The topological polar surface area (TPSA) is 98.8 Å². The van der Waals surface area contributed by atoms with Gasteiger partial charge in [0, 0.05) is 6.04 Å². The zero-order valence-electron chi connectivity index (χ0n) is 13.7. The summed E-state index contributed by atoms with van der Waals surface area (Å²) >= 11 is 0. The van der Waals surface area contributed by atoms with Gasteiger partial charge >= 0.3 is 5.97 Å². The Morgan fingerprint density at radius 2 is 1.83 bits per heavy atom. The Bertz CT molecular complexity index is 708. The van der Waals surface area contributed by atoms with Crippen LogP contribution in [0.15, 0.2) is 18.2 Å². The lowest BCUT2D eigenvalue weighted by Crippen LogP contribution is -2.38. The Labute approximate surface area is 141 Å². The molecule has 1 aromatic rings. The van der Waals surface area contributed by atoms with E-state index in [1.807, 2.05) is 19.9 Å². The second-order valence-electron chi connectivity index (χ2n) is 5.94. The molecule has 1 N–H and O–H groups in total. The quantitative estimate of drug-likeness (QED) is 0.748. The highest BCUT2D eigenvalue weighted by Gasteiger charge is 2.29. The molecule has 1 amide bonds. The van der Waals surface area contributed by atoms with Crippen molar-refractivity contribution in [2.75, 3.05) is 24.7 Å². The van der Waals surface area contributed by atoms with Crippen molar-refractivity contribution in [2.24, 2.45) is 0 Å². The van der Waals surface area contributed by atoms with Crippen LogP contribution in [0.5, 0.6) is 5.75 Å². The molecule has 1 heterocycles. The molecule has 0 saturated carbocycles. The first-order chi connectivity index (χ1) is 11.2. The van der Waals surface area contributed by atoms with Crippen LogP contribution in [0.1, 0.15) is 17.5 Å². The molecule has 8 heteroatoms. The highest BCUT2D eigenvalue weighted by Crippen LogP contribution is 2.16. The number of aryl methyl sites for hydroxylation is 2. The lowest BCUT2D eigenvalue weighted by atomic mass is 10.1. The molecule has 0 spiro atoms. The van der Waals surface area contributed by atoms with Gasteiger partial charge in [0.25, 0.3) is 5.91 Å². The summed E-state index contributed by atoms with van der Waals surface area (Å²) < 4.78 is 32.8. The van der Waals surface area contributed by atoms with E-state index in [9.17, 15) is 18.0 Å². The zero-order valence-corrected chi connectivity index (χ0v) is 14.5. The number of benzene rings is 1. The molecule has 132 valence electrons. The predicted molar refractivity (Wildman–Crippen MR) is 87.6 cm³/mol. The lowest BCUT2D eigenvalue weighted by Gasteiger charge is -2.11. The normalized spacial score (nSPS) is 18.8. The van der Waals surface area contributed by atoms with Crippen LogP contribution in [-0.4, -0.2) is 51.1 Å². The molecule has 1 fully saturated rings. The van der Waals surface area contributed by atoms with Crippen molar-refractivity contribution in [3.05, 3.63) is 29.3 Å². The third-order valence-corrected chi connectivity index (χ3v) is 5.28. The summed E-state index contributed by atoms with van der Waals surface area (Å²) in [6.07, 6.45) is 0.387. The Kier molecular flexibility index (Phi) is 5.82. The molecule has 1 aliphatic rings. The maximum atomic E-state index is 11.7. The van der Waals surface area contributed by atoms with Crippen molar-refractivity contribution < 1.29 is 27.5 Å². The minimum Gasteiger partial charge on any atom is -0.482 e. The van der Waals surface area contributed by atoms with Crippen LogP contribution in [0.3, 0.4) is 0 Å². The van der Waals surface area contributed by atoms with Crippen LogP contribution in [0.25, 0.3) is 0 Å². The Morgan fingerprint density at radius 1 is 1.17 bits per heavy atom. The smallest absolute Gasteiger partial charge is 0.344 e. The number of amides is 1. The van der Waals surface area contributed by atoms with Crippen molar-refractivity contribution in [2.45, 2.75) is 26.3 Å². The van der Waals surface area contributed by atoms with E-state index in [1.165, 1.54) is 0 Å². The number of carbonyl (C=O) groups is 2. The number of hydrogen-bond donors (Lipinski definition) is 1. The van der Waals surface area contributed by atoms with Gasteiger partial charge < -0.3 is 14.8 Å². The van der Waals surface area contributed by atoms with Gasteiger partial charge in [0.2, 0.25) is 0 Å². The van der Waals surface area contributed by atoms with Gasteiger partial charge in [-0.3, -0.25) is 4.79 Å². The summed E-state index contributed by atoms with van der Waals surface area (Å²) in [5.74, 6) is -0.616. The van der Waals surface area contributed by atoms with Crippen LogP contribution in [0.4, 0.5) is 0 Å². The molecule has 1 saturated heterocycles. The number of carbonyl (C=O) groups excluding carboxylic acids is 2. The van der Waals surface area contributed by atoms with Gasteiger partial charge in [-0.15, -0.1) is 0 Å². The second-order valence-corrected chi connectivity index (χ2v) is 8.17. The number of sulfone groups is 1. The average molecular weight is 355 g/mol. The maximum absolute atomic E-state index is 11.7. The van der Waals surface area contributed by atoms with Gasteiger partial charge in [0.1, 0.15) is 5.75 Å². The number of nitrogens with one attached hydrogen (secondary N) is 1.